The summed E-state index contributed by atoms with van der Waals surface area (Å²) in [6, 6.07) is 16.2. The molecule has 7 heteroatoms. The van der Waals surface area contributed by atoms with Crippen LogP contribution in [0, 0.1) is 0 Å². The van der Waals surface area contributed by atoms with Crippen LogP contribution in [0.3, 0.4) is 0 Å². The lowest BCUT2D eigenvalue weighted by Gasteiger charge is -2.18. The summed E-state index contributed by atoms with van der Waals surface area (Å²) in [4.78, 5) is 38.0. The first-order valence-corrected chi connectivity index (χ1v) is 8.69. The van der Waals surface area contributed by atoms with Crippen LogP contribution in [-0.4, -0.2) is 40.5 Å². The summed E-state index contributed by atoms with van der Waals surface area (Å²) in [5.41, 5.74) is 1.59. The number of aliphatic hydroxyl groups is 1. The van der Waals surface area contributed by atoms with Gasteiger partial charge in [-0.25, -0.2) is 4.79 Å². The summed E-state index contributed by atoms with van der Waals surface area (Å²) in [5, 5.41) is 14.8. The number of carbonyl (C=O) groups is 3. The second-order valence-corrected chi connectivity index (χ2v) is 6.33. The van der Waals surface area contributed by atoms with E-state index in [4.69, 9.17) is 0 Å². The maximum absolute atomic E-state index is 12.5. The molecule has 2 aromatic carbocycles. The lowest BCUT2D eigenvalue weighted by Crippen LogP contribution is -2.38. The number of carbonyl (C=O) groups excluding carboxylic acids is 3. The van der Waals surface area contributed by atoms with E-state index in [-0.39, 0.29) is 19.6 Å². The van der Waals surface area contributed by atoms with Crippen molar-refractivity contribution in [2.45, 2.75) is 25.0 Å². The molecule has 1 saturated heterocycles. The number of urea groups is 1. The van der Waals surface area contributed by atoms with E-state index in [1.165, 1.54) is 0 Å². The highest BCUT2D eigenvalue weighted by Gasteiger charge is 2.39. The normalized spacial score (nSPS) is 17.5. The average Bonchev–Trinajstić information content (AvgIpc) is 2.95. The molecule has 3 rings (SSSR count). The van der Waals surface area contributed by atoms with Crippen molar-refractivity contribution < 1.29 is 19.5 Å². The van der Waals surface area contributed by atoms with Crippen molar-refractivity contribution in [3.05, 3.63) is 71.8 Å². The summed E-state index contributed by atoms with van der Waals surface area (Å²) in [6.07, 6.45) is -0.181. The van der Waals surface area contributed by atoms with Gasteiger partial charge in [0.25, 0.3) is 5.91 Å². The molecule has 1 heterocycles. The van der Waals surface area contributed by atoms with Crippen LogP contribution in [0.15, 0.2) is 60.7 Å². The molecule has 1 aliphatic rings. The van der Waals surface area contributed by atoms with Crippen molar-refractivity contribution in [1.82, 2.24) is 15.5 Å². The maximum Gasteiger partial charge on any atom is 0.325 e. The van der Waals surface area contributed by atoms with E-state index in [0.29, 0.717) is 0 Å². The first kappa shape index (κ1) is 18.6. The van der Waals surface area contributed by atoms with Gasteiger partial charge in [-0.05, 0) is 11.1 Å². The third kappa shape index (κ3) is 4.51. The van der Waals surface area contributed by atoms with Crippen LogP contribution in [0.4, 0.5) is 4.79 Å². The SMILES string of the molecule is O=C(CC1NC(=O)N(Cc2ccccc2)C1=O)NC(CO)c1ccccc1. The average molecular weight is 367 g/mol. The van der Waals surface area contributed by atoms with Crippen molar-refractivity contribution in [2.24, 2.45) is 0 Å². The molecule has 27 heavy (non-hydrogen) atoms. The second kappa shape index (κ2) is 8.46. The molecule has 140 valence electrons. The van der Waals surface area contributed by atoms with Crippen LogP contribution in [-0.2, 0) is 16.1 Å². The number of hydrogen-bond acceptors (Lipinski definition) is 4. The van der Waals surface area contributed by atoms with Gasteiger partial charge in [-0.2, -0.15) is 0 Å². The molecule has 1 fully saturated rings. The number of benzene rings is 2. The van der Waals surface area contributed by atoms with E-state index in [0.717, 1.165) is 16.0 Å². The zero-order valence-corrected chi connectivity index (χ0v) is 14.7. The number of aliphatic hydroxyl groups excluding tert-OH is 1. The Morgan fingerprint density at radius 2 is 1.70 bits per heavy atom. The van der Waals surface area contributed by atoms with Gasteiger partial charge in [0, 0.05) is 0 Å². The van der Waals surface area contributed by atoms with Gasteiger partial charge in [0.2, 0.25) is 5.91 Å². The number of hydrogen-bond donors (Lipinski definition) is 3. The summed E-state index contributed by atoms with van der Waals surface area (Å²) in [7, 11) is 0. The number of imide groups is 1. The van der Waals surface area contributed by atoms with Crippen LogP contribution < -0.4 is 10.6 Å². The third-order valence-corrected chi connectivity index (χ3v) is 4.40. The first-order chi connectivity index (χ1) is 13.1. The van der Waals surface area contributed by atoms with E-state index < -0.39 is 29.9 Å². The lowest BCUT2D eigenvalue weighted by molar-refractivity contribution is -0.131. The van der Waals surface area contributed by atoms with Gasteiger partial charge in [0.1, 0.15) is 6.04 Å². The smallest absolute Gasteiger partial charge is 0.325 e. The summed E-state index contributed by atoms with van der Waals surface area (Å²) < 4.78 is 0. The Hall–Kier alpha value is -3.19. The molecule has 0 spiro atoms. The van der Waals surface area contributed by atoms with Crippen LogP contribution in [0.1, 0.15) is 23.6 Å². The predicted molar refractivity (Wildman–Crippen MR) is 98.3 cm³/mol. The Morgan fingerprint density at radius 3 is 2.33 bits per heavy atom. The zero-order valence-electron chi connectivity index (χ0n) is 14.7. The molecule has 0 aliphatic carbocycles. The standard InChI is InChI=1S/C20H21N3O4/c24-13-17(15-9-5-2-6-10-15)21-18(25)11-16-19(26)23(20(27)22-16)12-14-7-3-1-4-8-14/h1-10,16-17,24H,11-13H2,(H,21,25)(H,22,27). The van der Waals surface area contributed by atoms with Crippen molar-refractivity contribution >= 4 is 17.8 Å². The fraction of sp³-hybridized carbons (Fsp3) is 0.250. The van der Waals surface area contributed by atoms with Gasteiger partial charge in [0.05, 0.1) is 25.6 Å². The Bertz CT molecular complexity index is 810. The Balaban J connectivity index is 1.59. The number of nitrogens with one attached hydrogen (secondary N) is 2. The number of rotatable bonds is 7. The van der Waals surface area contributed by atoms with Crippen LogP contribution in [0.2, 0.25) is 0 Å². The fourth-order valence-electron chi connectivity index (χ4n) is 2.99. The Morgan fingerprint density at radius 1 is 1.07 bits per heavy atom. The predicted octanol–water partition coefficient (Wildman–Crippen LogP) is 1.35. The third-order valence-electron chi connectivity index (χ3n) is 4.40. The largest absolute Gasteiger partial charge is 0.394 e. The number of nitrogens with zero attached hydrogens (tertiary/aromatic N) is 1. The molecule has 0 radical (unpaired) electrons. The molecular formula is C20H21N3O4. The Kier molecular flexibility index (Phi) is 5.83. The number of amides is 4. The van der Waals surface area contributed by atoms with Gasteiger partial charge in [-0.1, -0.05) is 60.7 Å². The fourth-order valence-corrected chi connectivity index (χ4v) is 2.99. The quantitative estimate of drug-likeness (QED) is 0.643. The first-order valence-electron chi connectivity index (χ1n) is 8.69. The van der Waals surface area contributed by atoms with Crippen molar-refractivity contribution in [3.8, 4) is 0 Å². The van der Waals surface area contributed by atoms with Crippen molar-refractivity contribution in [1.29, 1.82) is 0 Å². The zero-order chi connectivity index (χ0) is 19.2. The monoisotopic (exact) mass is 367 g/mol. The molecule has 2 aromatic rings. The van der Waals surface area contributed by atoms with Crippen molar-refractivity contribution in [2.75, 3.05) is 6.61 Å². The van der Waals surface area contributed by atoms with Gasteiger partial charge in [-0.15, -0.1) is 0 Å². The molecule has 7 nitrogen and oxygen atoms in total. The highest BCUT2D eigenvalue weighted by atomic mass is 16.3. The van der Waals surface area contributed by atoms with E-state index in [1.807, 2.05) is 48.5 Å². The maximum atomic E-state index is 12.5. The molecule has 2 atom stereocenters. The topological polar surface area (TPSA) is 98.7 Å². The lowest BCUT2D eigenvalue weighted by atomic mass is 10.1. The summed E-state index contributed by atoms with van der Waals surface area (Å²) in [6.45, 7) is -0.103. The molecule has 2 unspecified atom stereocenters. The highest BCUT2D eigenvalue weighted by molar-refractivity contribution is 6.05. The molecular weight excluding hydrogens is 346 g/mol. The highest BCUT2D eigenvalue weighted by Crippen LogP contribution is 2.16. The van der Waals surface area contributed by atoms with Crippen molar-refractivity contribution in [3.63, 3.8) is 0 Å². The van der Waals surface area contributed by atoms with E-state index in [1.54, 1.807) is 12.1 Å². The molecule has 0 bridgehead atoms. The van der Waals surface area contributed by atoms with Gasteiger partial charge in [-0.3, -0.25) is 14.5 Å². The minimum atomic E-state index is -0.906. The van der Waals surface area contributed by atoms with E-state index in [9.17, 15) is 19.5 Å². The second-order valence-electron chi connectivity index (χ2n) is 6.33. The van der Waals surface area contributed by atoms with Gasteiger partial charge >= 0.3 is 6.03 Å². The molecule has 4 amide bonds. The van der Waals surface area contributed by atoms with Gasteiger partial charge in [0.15, 0.2) is 0 Å². The molecule has 0 aromatic heterocycles. The van der Waals surface area contributed by atoms with Gasteiger partial charge < -0.3 is 15.7 Å². The molecule has 0 saturated carbocycles. The van der Waals surface area contributed by atoms with E-state index in [2.05, 4.69) is 10.6 Å². The minimum absolute atomic E-state index is 0.160. The molecule has 3 N–H and O–H groups in total. The van der Waals surface area contributed by atoms with E-state index >= 15 is 0 Å². The van der Waals surface area contributed by atoms with Crippen LogP contribution in [0.25, 0.3) is 0 Å². The van der Waals surface area contributed by atoms with Crippen LogP contribution >= 0.6 is 0 Å². The molecule has 1 aliphatic heterocycles. The summed E-state index contributed by atoms with van der Waals surface area (Å²) >= 11 is 0. The van der Waals surface area contributed by atoms with Crippen LogP contribution in [0.5, 0.6) is 0 Å². The summed E-state index contributed by atoms with van der Waals surface area (Å²) in [5.74, 6) is -0.850. The minimum Gasteiger partial charge on any atom is -0.394 e. The Labute approximate surface area is 157 Å².